The fourth-order valence-electron chi connectivity index (χ4n) is 5.11. The molecule has 3 N–H and O–H groups in total. The maximum absolute atomic E-state index is 11.1. The number of benzene rings is 1. The van der Waals surface area contributed by atoms with E-state index in [0.717, 1.165) is 40.6 Å². The smallest absolute Gasteiger partial charge is 0.161 e. The van der Waals surface area contributed by atoms with Crippen molar-refractivity contribution in [2.75, 3.05) is 18.0 Å². The molecule has 1 aliphatic rings. The van der Waals surface area contributed by atoms with Crippen LogP contribution in [0.4, 0.5) is 5.69 Å². The van der Waals surface area contributed by atoms with E-state index in [0.29, 0.717) is 40.4 Å². The summed E-state index contributed by atoms with van der Waals surface area (Å²) in [5.41, 5.74) is 5.18. The highest BCUT2D eigenvalue weighted by atomic mass is 16.3. The average Bonchev–Trinajstić information content (AvgIpc) is 3.49. The lowest BCUT2D eigenvalue weighted by Gasteiger charge is -2.37. The van der Waals surface area contributed by atoms with Gasteiger partial charge < -0.3 is 20.3 Å². The van der Waals surface area contributed by atoms with E-state index < -0.39 is 0 Å². The summed E-state index contributed by atoms with van der Waals surface area (Å²) in [6, 6.07) is 6.75. The van der Waals surface area contributed by atoms with Gasteiger partial charge in [0.15, 0.2) is 11.5 Å². The number of aromatic hydroxyl groups is 1. The Morgan fingerprint density at radius 2 is 1.89 bits per heavy atom. The van der Waals surface area contributed by atoms with Crippen molar-refractivity contribution in [3.05, 3.63) is 42.5 Å². The molecule has 0 amide bonds. The SMILES string of the molecule is Cc1c(O)c(-c2cc(-c3nnc[nH]3)c3cc(N4C[C@H](C)N[C@@H](C)C4)cnc3n2)cc2cn(C)nc12. The van der Waals surface area contributed by atoms with Gasteiger partial charge in [-0.25, -0.2) is 9.97 Å². The lowest BCUT2D eigenvalue weighted by atomic mass is 10.0. The zero-order valence-corrected chi connectivity index (χ0v) is 20.1. The van der Waals surface area contributed by atoms with Crippen LogP contribution in [0.2, 0.25) is 0 Å². The Morgan fingerprint density at radius 3 is 2.63 bits per heavy atom. The zero-order valence-electron chi connectivity index (χ0n) is 20.1. The molecule has 10 nitrogen and oxygen atoms in total. The minimum Gasteiger partial charge on any atom is -0.507 e. The number of aryl methyl sites for hydroxylation is 2. The topological polar surface area (TPSA) is 121 Å². The second kappa shape index (κ2) is 8.02. The number of aromatic nitrogens is 7. The number of piperazine rings is 1. The van der Waals surface area contributed by atoms with Crippen LogP contribution in [0, 0.1) is 6.92 Å². The molecule has 0 radical (unpaired) electrons. The van der Waals surface area contributed by atoms with Gasteiger partial charge in [0, 0.05) is 65.9 Å². The number of nitrogens with zero attached hydrogens (tertiary/aromatic N) is 7. The van der Waals surface area contributed by atoms with Gasteiger partial charge in [-0.1, -0.05) is 0 Å². The highest BCUT2D eigenvalue weighted by Gasteiger charge is 2.23. The summed E-state index contributed by atoms with van der Waals surface area (Å²) < 4.78 is 1.75. The van der Waals surface area contributed by atoms with Gasteiger partial charge in [-0.05, 0) is 39.0 Å². The van der Waals surface area contributed by atoms with Crippen LogP contribution in [0.25, 0.3) is 44.6 Å². The van der Waals surface area contributed by atoms with E-state index in [4.69, 9.17) is 9.97 Å². The molecule has 178 valence electrons. The van der Waals surface area contributed by atoms with Crippen LogP contribution in [0.15, 0.2) is 36.9 Å². The van der Waals surface area contributed by atoms with Crippen LogP contribution < -0.4 is 10.2 Å². The van der Waals surface area contributed by atoms with Crippen molar-refractivity contribution in [1.29, 1.82) is 0 Å². The fraction of sp³-hybridized carbons (Fsp3) is 0.320. The number of nitrogens with one attached hydrogen (secondary N) is 2. The number of hydrogen-bond acceptors (Lipinski definition) is 8. The van der Waals surface area contributed by atoms with Crippen molar-refractivity contribution in [3.8, 4) is 28.4 Å². The van der Waals surface area contributed by atoms with E-state index >= 15 is 0 Å². The maximum atomic E-state index is 11.1. The summed E-state index contributed by atoms with van der Waals surface area (Å²) in [7, 11) is 1.87. The number of aromatic amines is 1. The average molecular weight is 470 g/mol. The highest BCUT2D eigenvalue weighted by molar-refractivity contribution is 5.97. The van der Waals surface area contributed by atoms with E-state index in [1.165, 1.54) is 0 Å². The molecule has 5 aromatic rings. The van der Waals surface area contributed by atoms with Gasteiger partial charge in [0.2, 0.25) is 0 Å². The van der Waals surface area contributed by atoms with E-state index in [9.17, 15) is 5.11 Å². The van der Waals surface area contributed by atoms with Gasteiger partial charge in [0.1, 0.15) is 12.1 Å². The second-order valence-electron chi connectivity index (χ2n) is 9.47. The van der Waals surface area contributed by atoms with Crippen LogP contribution in [-0.2, 0) is 7.05 Å². The lowest BCUT2D eigenvalue weighted by Crippen LogP contribution is -2.54. The maximum Gasteiger partial charge on any atom is 0.161 e. The number of hydrogen-bond donors (Lipinski definition) is 3. The molecular formula is C25H27N9O. The Hall–Kier alpha value is -4.05. The Balaban J connectivity index is 1.54. The van der Waals surface area contributed by atoms with Crippen molar-refractivity contribution in [1.82, 2.24) is 40.2 Å². The van der Waals surface area contributed by atoms with Gasteiger partial charge in [-0.3, -0.25) is 4.68 Å². The summed E-state index contributed by atoms with van der Waals surface area (Å²) in [5.74, 6) is 0.783. The minimum atomic E-state index is 0.159. The normalized spacial score (nSPS) is 18.6. The molecule has 0 aliphatic carbocycles. The number of phenols is 1. The Bertz CT molecular complexity index is 1550. The van der Waals surface area contributed by atoms with Gasteiger partial charge in [-0.2, -0.15) is 5.10 Å². The van der Waals surface area contributed by atoms with Crippen molar-refractivity contribution >= 4 is 27.6 Å². The summed E-state index contributed by atoms with van der Waals surface area (Å²) >= 11 is 0. The first kappa shape index (κ1) is 21.5. The highest BCUT2D eigenvalue weighted by Crippen LogP contribution is 2.39. The summed E-state index contributed by atoms with van der Waals surface area (Å²) in [4.78, 5) is 15.1. The van der Waals surface area contributed by atoms with E-state index in [1.807, 2.05) is 38.5 Å². The van der Waals surface area contributed by atoms with Gasteiger partial charge >= 0.3 is 0 Å². The molecule has 6 rings (SSSR count). The number of fused-ring (bicyclic) bond motifs is 2. The largest absolute Gasteiger partial charge is 0.507 e. The molecule has 0 spiro atoms. The van der Waals surface area contributed by atoms with Crippen molar-refractivity contribution in [2.24, 2.45) is 7.05 Å². The summed E-state index contributed by atoms with van der Waals surface area (Å²) in [5, 5.41) is 29.2. The quantitative estimate of drug-likeness (QED) is 0.368. The second-order valence-corrected chi connectivity index (χ2v) is 9.47. The van der Waals surface area contributed by atoms with Crippen LogP contribution in [0.1, 0.15) is 19.4 Å². The molecule has 1 aromatic carbocycles. The van der Waals surface area contributed by atoms with E-state index in [-0.39, 0.29) is 5.75 Å². The van der Waals surface area contributed by atoms with E-state index in [1.54, 1.807) is 11.0 Å². The van der Waals surface area contributed by atoms with Crippen LogP contribution in [0.5, 0.6) is 5.75 Å². The number of pyridine rings is 2. The minimum absolute atomic E-state index is 0.159. The third kappa shape index (κ3) is 3.66. The molecule has 0 bridgehead atoms. The monoisotopic (exact) mass is 469 g/mol. The summed E-state index contributed by atoms with van der Waals surface area (Å²) in [6.07, 6.45) is 5.37. The first-order valence-electron chi connectivity index (χ1n) is 11.7. The third-order valence-electron chi connectivity index (χ3n) is 6.64. The molecule has 5 heterocycles. The molecule has 10 heteroatoms. The number of phenolic OH excluding ortho intramolecular Hbond substituents is 1. The summed E-state index contributed by atoms with van der Waals surface area (Å²) in [6.45, 7) is 8.06. The van der Waals surface area contributed by atoms with Crippen molar-refractivity contribution in [2.45, 2.75) is 32.9 Å². The molecule has 2 atom stereocenters. The number of anilines is 1. The molecule has 4 aromatic heterocycles. The Kier molecular flexibility index (Phi) is 4.92. The van der Waals surface area contributed by atoms with Crippen molar-refractivity contribution < 1.29 is 5.11 Å². The first-order valence-corrected chi connectivity index (χ1v) is 11.7. The number of rotatable bonds is 3. The number of H-pyrrole nitrogens is 1. The van der Waals surface area contributed by atoms with Gasteiger partial charge in [-0.15, -0.1) is 10.2 Å². The molecule has 35 heavy (non-hydrogen) atoms. The van der Waals surface area contributed by atoms with Gasteiger partial charge in [0.05, 0.1) is 23.1 Å². The molecular weight excluding hydrogens is 442 g/mol. The fourth-order valence-corrected chi connectivity index (χ4v) is 5.11. The molecule has 0 saturated carbocycles. The third-order valence-corrected chi connectivity index (χ3v) is 6.64. The van der Waals surface area contributed by atoms with E-state index in [2.05, 4.69) is 50.4 Å². The Labute approximate surface area is 202 Å². The predicted octanol–water partition coefficient (Wildman–Crippen LogP) is 3.17. The van der Waals surface area contributed by atoms with Crippen molar-refractivity contribution in [3.63, 3.8) is 0 Å². The van der Waals surface area contributed by atoms with Crippen LogP contribution in [0.3, 0.4) is 0 Å². The molecule has 1 aliphatic heterocycles. The molecule has 1 fully saturated rings. The first-order chi connectivity index (χ1) is 16.9. The molecule has 0 unspecified atom stereocenters. The van der Waals surface area contributed by atoms with Crippen LogP contribution >= 0.6 is 0 Å². The standard InChI is InChI=1S/C25H27N9O/c1-13-9-34(10-14(2)29-13)17-6-18-19(25-27-12-28-31-25)7-21(30-24(18)26-8-17)20-5-16-11-33(4)32-22(16)15(3)23(20)35/h5-8,11-14,29,35H,9-10H2,1-4H3,(H,27,28,31)/t13-,14-/m0/s1. The predicted molar refractivity (Wildman–Crippen MR) is 135 cm³/mol. The Morgan fingerprint density at radius 1 is 1.09 bits per heavy atom. The molecule has 1 saturated heterocycles. The van der Waals surface area contributed by atoms with Gasteiger partial charge in [0.25, 0.3) is 0 Å². The van der Waals surface area contributed by atoms with Crippen LogP contribution in [-0.4, -0.2) is 65.2 Å². The lowest BCUT2D eigenvalue weighted by molar-refractivity contribution is 0.407. The zero-order chi connectivity index (χ0) is 24.3.